The Morgan fingerprint density at radius 3 is 2.67 bits per heavy atom. The van der Waals surface area contributed by atoms with Gasteiger partial charge in [0.2, 0.25) is 10.0 Å². The molecule has 0 spiro atoms. The third kappa shape index (κ3) is 2.87. The van der Waals surface area contributed by atoms with Gasteiger partial charge in [-0.05, 0) is 55.7 Å². The van der Waals surface area contributed by atoms with Gasteiger partial charge in [0.1, 0.15) is 11.6 Å². The van der Waals surface area contributed by atoms with Crippen LogP contribution in [0.15, 0.2) is 45.9 Å². The van der Waals surface area contributed by atoms with Crippen molar-refractivity contribution in [3.63, 3.8) is 0 Å². The molecule has 2 aromatic rings. The third-order valence-corrected chi connectivity index (χ3v) is 5.63. The van der Waals surface area contributed by atoms with Crippen molar-refractivity contribution < 1.29 is 17.2 Å². The van der Waals surface area contributed by atoms with Gasteiger partial charge in [0.25, 0.3) is 0 Å². The molecule has 1 heterocycles. The molecule has 0 atom stereocenters. The molecule has 1 fully saturated rings. The SMILES string of the molecule is Cc1cc(F)ccc1S(=O)(=O)N(Cc1ccco1)C1CC1. The summed E-state index contributed by atoms with van der Waals surface area (Å²) >= 11 is 0. The monoisotopic (exact) mass is 309 g/mol. The molecular formula is C15H16FNO3S. The minimum Gasteiger partial charge on any atom is -0.468 e. The molecule has 1 aromatic carbocycles. The summed E-state index contributed by atoms with van der Waals surface area (Å²) in [5, 5.41) is 0. The van der Waals surface area contributed by atoms with Crippen LogP contribution in [-0.2, 0) is 16.6 Å². The number of hydrogen-bond donors (Lipinski definition) is 0. The Morgan fingerprint density at radius 1 is 1.33 bits per heavy atom. The molecule has 0 radical (unpaired) electrons. The maximum Gasteiger partial charge on any atom is 0.244 e. The second kappa shape index (κ2) is 5.27. The van der Waals surface area contributed by atoms with Crippen LogP contribution in [0, 0.1) is 12.7 Å². The van der Waals surface area contributed by atoms with Gasteiger partial charge in [-0.15, -0.1) is 0 Å². The van der Waals surface area contributed by atoms with E-state index in [-0.39, 0.29) is 17.5 Å². The highest BCUT2D eigenvalue weighted by Crippen LogP contribution is 2.34. The number of nitrogens with zero attached hydrogens (tertiary/aromatic N) is 1. The fourth-order valence-corrected chi connectivity index (χ4v) is 4.22. The quantitative estimate of drug-likeness (QED) is 0.853. The van der Waals surface area contributed by atoms with E-state index in [1.807, 2.05) is 0 Å². The smallest absolute Gasteiger partial charge is 0.244 e. The van der Waals surface area contributed by atoms with Gasteiger partial charge in [0.15, 0.2) is 0 Å². The van der Waals surface area contributed by atoms with Crippen molar-refractivity contribution in [3.8, 4) is 0 Å². The Balaban J connectivity index is 1.97. The van der Waals surface area contributed by atoms with E-state index in [1.165, 1.54) is 28.8 Å². The maximum absolute atomic E-state index is 13.2. The molecule has 21 heavy (non-hydrogen) atoms. The molecule has 112 valence electrons. The van der Waals surface area contributed by atoms with E-state index in [0.717, 1.165) is 12.8 Å². The number of aryl methyl sites for hydroxylation is 1. The van der Waals surface area contributed by atoms with Crippen LogP contribution in [0.3, 0.4) is 0 Å². The Bertz CT molecular complexity index is 736. The molecule has 0 unspecified atom stereocenters. The van der Waals surface area contributed by atoms with Crippen LogP contribution in [0.2, 0.25) is 0 Å². The van der Waals surface area contributed by atoms with Crippen molar-refractivity contribution in [2.45, 2.75) is 37.2 Å². The van der Waals surface area contributed by atoms with Crippen LogP contribution >= 0.6 is 0 Å². The van der Waals surface area contributed by atoms with Crippen molar-refractivity contribution in [1.82, 2.24) is 4.31 Å². The summed E-state index contributed by atoms with van der Waals surface area (Å²) < 4.78 is 45.6. The Morgan fingerprint density at radius 2 is 2.10 bits per heavy atom. The molecule has 1 aromatic heterocycles. The molecule has 0 saturated heterocycles. The molecule has 0 bridgehead atoms. The largest absolute Gasteiger partial charge is 0.468 e. The van der Waals surface area contributed by atoms with Crippen molar-refractivity contribution >= 4 is 10.0 Å². The molecule has 1 aliphatic rings. The fourth-order valence-electron chi connectivity index (χ4n) is 2.36. The van der Waals surface area contributed by atoms with E-state index in [1.54, 1.807) is 19.1 Å². The third-order valence-electron chi connectivity index (χ3n) is 3.57. The Labute approximate surface area is 123 Å². The second-order valence-corrected chi connectivity index (χ2v) is 7.13. The first-order valence-electron chi connectivity index (χ1n) is 6.79. The first-order chi connectivity index (χ1) is 9.98. The fraction of sp³-hybridized carbons (Fsp3) is 0.333. The van der Waals surface area contributed by atoms with Crippen molar-refractivity contribution in [2.75, 3.05) is 0 Å². The predicted molar refractivity (Wildman–Crippen MR) is 75.6 cm³/mol. The van der Waals surface area contributed by atoms with Crippen LogP contribution in [-0.4, -0.2) is 18.8 Å². The molecule has 0 N–H and O–H groups in total. The molecular weight excluding hydrogens is 293 g/mol. The Hall–Kier alpha value is -1.66. The number of hydrogen-bond acceptors (Lipinski definition) is 3. The summed E-state index contributed by atoms with van der Waals surface area (Å²) in [7, 11) is -3.65. The molecule has 1 aliphatic carbocycles. The lowest BCUT2D eigenvalue weighted by Crippen LogP contribution is -2.33. The van der Waals surface area contributed by atoms with Crippen LogP contribution in [0.4, 0.5) is 4.39 Å². The van der Waals surface area contributed by atoms with E-state index < -0.39 is 15.8 Å². The van der Waals surface area contributed by atoms with Gasteiger partial charge in [-0.2, -0.15) is 4.31 Å². The number of benzene rings is 1. The van der Waals surface area contributed by atoms with Crippen LogP contribution in [0.1, 0.15) is 24.2 Å². The average molecular weight is 309 g/mol. The van der Waals surface area contributed by atoms with Crippen LogP contribution in [0.5, 0.6) is 0 Å². The van der Waals surface area contributed by atoms with E-state index in [0.29, 0.717) is 11.3 Å². The van der Waals surface area contributed by atoms with Gasteiger partial charge in [-0.3, -0.25) is 0 Å². The zero-order valence-electron chi connectivity index (χ0n) is 11.6. The van der Waals surface area contributed by atoms with E-state index in [4.69, 9.17) is 4.42 Å². The summed E-state index contributed by atoms with van der Waals surface area (Å²) in [6.45, 7) is 1.81. The molecule has 0 aliphatic heterocycles. The van der Waals surface area contributed by atoms with Gasteiger partial charge in [0, 0.05) is 6.04 Å². The van der Waals surface area contributed by atoms with E-state index in [9.17, 15) is 12.8 Å². The standard InChI is InChI=1S/C15H16FNO3S/c1-11-9-12(16)4-7-15(11)21(18,19)17(13-5-6-13)10-14-3-2-8-20-14/h2-4,7-9,13H,5-6,10H2,1H3. The van der Waals surface area contributed by atoms with Gasteiger partial charge >= 0.3 is 0 Å². The molecule has 4 nitrogen and oxygen atoms in total. The first-order valence-corrected chi connectivity index (χ1v) is 8.23. The number of halogens is 1. The summed E-state index contributed by atoms with van der Waals surface area (Å²) in [6, 6.07) is 7.24. The summed E-state index contributed by atoms with van der Waals surface area (Å²) in [5.41, 5.74) is 0.417. The highest BCUT2D eigenvalue weighted by molar-refractivity contribution is 7.89. The van der Waals surface area contributed by atoms with E-state index >= 15 is 0 Å². The van der Waals surface area contributed by atoms with Gasteiger partial charge in [-0.25, -0.2) is 12.8 Å². The normalized spacial score (nSPS) is 15.6. The van der Waals surface area contributed by atoms with Crippen LogP contribution < -0.4 is 0 Å². The van der Waals surface area contributed by atoms with Crippen molar-refractivity contribution in [2.24, 2.45) is 0 Å². The molecule has 1 saturated carbocycles. The lowest BCUT2D eigenvalue weighted by atomic mass is 10.2. The zero-order chi connectivity index (χ0) is 15.0. The number of sulfonamides is 1. The summed E-state index contributed by atoms with van der Waals surface area (Å²) in [5.74, 6) is 0.167. The van der Waals surface area contributed by atoms with Gasteiger partial charge in [0.05, 0.1) is 17.7 Å². The zero-order valence-corrected chi connectivity index (χ0v) is 12.4. The average Bonchev–Trinajstić information content (AvgIpc) is 3.11. The molecule has 3 rings (SSSR count). The Kier molecular flexibility index (Phi) is 3.59. The van der Waals surface area contributed by atoms with Crippen LogP contribution in [0.25, 0.3) is 0 Å². The van der Waals surface area contributed by atoms with Crippen molar-refractivity contribution in [1.29, 1.82) is 0 Å². The second-order valence-electron chi connectivity index (χ2n) is 5.27. The van der Waals surface area contributed by atoms with Gasteiger partial charge < -0.3 is 4.42 Å². The number of rotatable bonds is 5. The molecule has 6 heteroatoms. The van der Waals surface area contributed by atoms with E-state index in [2.05, 4.69) is 0 Å². The molecule has 0 amide bonds. The topological polar surface area (TPSA) is 50.5 Å². The lowest BCUT2D eigenvalue weighted by Gasteiger charge is -2.22. The first kappa shape index (κ1) is 14.3. The predicted octanol–water partition coefficient (Wildman–Crippen LogP) is 3.08. The minimum atomic E-state index is -3.65. The van der Waals surface area contributed by atoms with Crippen molar-refractivity contribution in [3.05, 3.63) is 53.7 Å². The van der Waals surface area contributed by atoms with Gasteiger partial charge in [-0.1, -0.05) is 0 Å². The summed E-state index contributed by atoms with van der Waals surface area (Å²) in [6.07, 6.45) is 3.22. The highest BCUT2D eigenvalue weighted by atomic mass is 32.2. The lowest BCUT2D eigenvalue weighted by molar-refractivity contribution is 0.356. The number of furan rings is 1. The highest BCUT2D eigenvalue weighted by Gasteiger charge is 2.39. The maximum atomic E-state index is 13.2. The summed E-state index contributed by atoms with van der Waals surface area (Å²) in [4.78, 5) is 0.155. The minimum absolute atomic E-state index is 0.00422.